The summed E-state index contributed by atoms with van der Waals surface area (Å²) in [5.74, 6) is -1.03. The molecule has 0 aliphatic rings. The van der Waals surface area contributed by atoms with E-state index in [-0.39, 0.29) is 12.8 Å². The second-order valence-electron chi connectivity index (χ2n) is 5.17. The Labute approximate surface area is 172 Å². The fourth-order valence-corrected chi connectivity index (χ4v) is 2.48. The van der Waals surface area contributed by atoms with Gasteiger partial charge in [0, 0.05) is 12.8 Å². The van der Waals surface area contributed by atoms with Crippen LogP contribution in [0.25, 0.3) is 0 Å². The summed E-state index contributed by atoms with van der Waals surface area (Å²) in [5, 5.41) is 0. The Morgan fingerprint density at radius 1 is 0.542 bits per heavy atom. The molecule has 0 aromatic rings. The Hall–Kier alpha value is 0.680. The molecule has 0 aliphatic carbocycles. The van der Waals surface area contributed by atoms with Crippen LogP contribution in [0.3, 0.4) is 0 Å². The minimum Gasteiger partial charge on any atom is -0.415 e. The molecule has 0 atom stereocenters. The summed E-state index contributed by atoms with van der Waals surface area (Å²) < 4.78 is 5.14. The number of esters is 2. The highest BCUT2D eigenvalue weighted by molar-refractivity contribution is 6.67. The first-order valence-electron chi connectivity index (χ1n) is 7.57. The molecule has 0 aliphatic heterocycles. The van der Waals surface area contributed by atoms with Crippen LogP contribution in [0.2, 0.25) is 0 Å². The minimum absolute atomic E-state index is 0.235. The first-order chi connectivity index (χ1) is 11.0. The van der Waals surface area contributed by atoms with E-state index in [4.69, 9.17) is 69.6 Å². The van der Waals surface area contributed by atoms with Gasteiger partial charge < -0.3 is 9.47 Å². The molecule has 24 heavy (non-hydrogen) atoms. The number of carbonyl (C=O) groups excluding carboxylic acids is 2. The smallest absolute Gasteiger partial charge is 0.340 e. The van der Waals surface area contributed by atoms with Crippen molar-refractivity contribution in [3.8, 4) is 0 Å². The number of rotatable bonds is 11. The van der Waals surface area contributed by atoms with Gasteiger partial charge in [0.1, 0.15) is 0 Å². The standard InChI is InChI=1S/C14H20Cl6O4/c15-13(16,17)23-11(21)9-7-5-3-1-2-4-6-8-10-12(22)24-14(18,19)20/h1-10H2. The number of hydrogen-bond donors (Lipinski definition) is 0. The normalized spacial score (nSPS) is 12.1. The summed E-state index contributed by atoms with van der Waals surface area (Å²) in [4.78, 5) is 22.5. The number of halogens is 6. The van der Waals surface area contributed by atoms with Gasteiger partial charge in [0.25, 0.3) is 0 Å². The molecule has 0 amide bonds. The van der Waals surface area contributed by atoms with Gasteiger partial charge in [0.05, 0.1) is 0 Å². The molecule has 4 nitrogen and oxygen atoms in total. The monoisotopic (exact) mass is 462 g/mol. The number of ether oxygens (including phenoxy) is 2. The highest BCUT2D eigenvalue weighted by atomic mass is 35.6. The van der Waals surface area contributed by atoms with Crippen molar-refractivity contribution in [2.75, 3.05) is 0 Å². The van der Waals surface area contributed by atoms with Crippen molar-refractivity contribution >= 4 is 81.5 Å². The van der Waals surface area contributed by atoms with Crippen molar-refractivity contribution in [2.45, 2.75) is 72.2 Å². The van der Waals surface area contributed by atoms with Crippen molar-refractivity contribution in [2.24, 2.45) is 0 Å². The molecule has 10 heteroatoms. The largest absolute Gasteiger partial charge is 0.415 e. The summed E-state index contributed by atoms with van der Waals surface area (Å²) in [6.07, 6.45) is 7.81. The Kier molecular flexibility index (Phi) is 13.3. The fourth-order valence-electron chi connectivity index (χ4n) is 1.96. The Morgan fingerprint density at radius 3 is 1.04 bits per heavy atom. The average molecular weight is 465 g/mol. The molecule has 0 aromatic carbocycles. The minimum atomic E-state index is -1.98. The summed E-state index contributed by atoms with van der Waals surface area (Å²) in [7, 11) is 0. The topological polar surface area (TPSA) is 52.6 Å². The van der Waals surface area contributed by atoms with E-state index < -0.39 is 19.9 Å². The van der Waals surface area contributed by atoms with E-state index >= 15 is 0 Å². The van der Waals surface area contributed by atoms with Gasteiger partial charge >= 0.3 is 19.9 Å². The van der Waals surface area contributed by atoms with Gasteiger partial charge in [-0.15, -0.1) is 0 Å². The van der Waals surface area contributed by atoms with E-state index in [2.05, 4.69) is 9.47 Å². The third-order valence-corrected chi connectivity index (χ3v) is 3.43. The van der Waals surface area contributed by atoms with Crippen molar-refractivity contribution < 1.29 is 19.1 Å². The molecule has 0 bridgehead atoms. The summed E-state index contributed by atoms with van der Waals surface area (Å²) in [6.45, 7) is 0. The molecule has 0 rings (SSSR count). The Bertz CT molecular complexity index is 342. The second-order valence-corrected chi connectivity index (χ2v) is 9.52. The lowest BCUT2D eigenvalue weighted by Crippen LogP contribution is -2.15. The zero-order chi connectivity index (χ0) is 18.6. The van der Waals surface area contributed by atoms with Crippen LogP contribution in [0.5, 0.6) is 0 Å². The van der Waals surface area contributed by atoms with Gasteiger partial charge in [-0.05, 0) is 82.4 Å². The molecular weight excluding hydrogens is 445 g/mol. The van der Waals surface area contributed by atoms with E-state index in [0.717, 1.165) is 38.5 Å². The van der Waals surface area contributed by atoms with Crippen LogP contribution >= 0.6 is 69.6 Å². The van der Waals surface area contributed by atoms with Gasteiger partial charge in [0.2, 0.25) is 0 Å². The van der Waals surface area contributed by atoms with Crippen LogP contribution in [0.4, 0.5) is 0 Å². The van der Waals surface area contributed by atoms with Crippen molar-refractivity contribution in [1.29, 1.82) is 0 Å². The van der Waals surface area contributed by atoms with Crippen molar-refractivity contribution in [3.63, 3.8) is 0 Å². The van der Waals surface area contributed by atoms with Gasteiger partial charge in [-0.2, -0.15) is 0 Å². The Balaban J connectivity index is 3.37. The maximum atomic E-state index is 11.3. The molecule has 142 valence electrons. The van der Waals surface area contributed by atoms with E-state index in [1.54, 1.807) is 0 Å². The number of unbranched alkanes of at least 4 members (excludes halogenated alkanes) is 7. The molecule has 0 radical (unpaired) electrons. The van der Waals surface area contributed by atoms with Crippen LogP contribution < -0.4 is 0 Å². The molecule has 0 saturated carbocycles. The quantitative estimate of drug-likeness (QED) is 0.195. The summed E-state index contributed by atoms with van der Waals surface area (Å²) >= 11 is 32.0. The summed E-state index contributed by atoms with van der Waals surface area (Å²) in [5.41, 5.74) is 0. The number of alkyl halides is 6. The SMILES string of the molecule is O=C(CCCCCCCCCCC(=O)OC(Cl)(Cl)Cl)OC(Cl)(Cl)Cl. The van der Waals surface area contributed by atoms with Gasteiger partial charge in [-0.3, -0.25) is 9.59 Å². The third kappa shape index (κ3) is 19.0. The molecule has 0 saturated heterocycles. The highest BCUT2D eigenvalue weighted by Crippen LogP contribution is 2.28. The lowest BCUT2D eigenvalue weighted by molar-refractivity contribution is -0.145. The van der Waals surface area contributed by atoms with Crippen LogP contribution in [-0.4, -0.2) is 19.9 Å². The Morgan fingerprint density at radius 2 is 0.792 bits per heavy atom. The molecular formula is C14H20Cl6O4. The zero-order valence-electron chi connectivity index (χ0n) is 13.0. The summed E-state index contributed by atoms with van der Waals surface area (Å²) in [6, 6.07) is 0. The number of carbonyl (C=O) groups is 2. The molecule has 0 aromatic heterocycles. The first-order valence-corrected chi connectivity index (χ1v) is 9.83. The predicted molar refractivity (Wildman–Crippen MR) is 98.9 cm³/mol. The van der Waals surface area contributed by atoms with Gasteiger partial charge in [-0.1, -0.05) is 38.5 Å². The van der Waals surface area contributed by atoms with Crippen molar-refractivity contribution in [1.82, 2.24) is 0 Å². The van der Waals surface area contributed by atoms with E-state index in [1.165, 1.54) is 0 Å². The average Bonchev–Trinajstić information content (AvgIpc) is 2.36. The van der Waals surface area contributed by atoms with Gasteiger partial charge in [0.15, 0.2) is 0 Å². The van der Waals surface area contributed by atoms with E-state index in [9.17, 15) is 9.59 Å². The van der Waals surface area contributed by atoms with Gasteiger partial charge in [-0.25, -0.2) is 0 Å². The lowest BCUT2D eigenvalue weighted by atomic mass is 10.1. The molecule has 0 heterocycles. The zero-order valence-corrected chi connectivity index (χ0v) is 17.5. The molecule has 0 unspecified atom stereocenters. The molecule has 0 spiro atoms. The van der Waals surface area contributed by atoms with E-state index in [0.29, 0.717) is 12.8 Å². The van der Waals surface area contributed by atoms with Crippen LogP contribution in [0, 0.1) is 0 Å². The van der Waals surface area contributed by atoms with Crippen LogP contribution in [-0.2, 0) is 19.1 Å². The molecule has 0 N–H and O–H groups in total. The predicted octanol–water partition coefficient (Wildman–Crippen LogP) is 6.63. The maximum Gasteiger partial charge on any atom is 0.340 e. The lowest BCUT2D eigenvalue weighted by Gasteiger charge is -2.11. The van der Waals surface area contributed by atoms with E-state index in [1.807, 2.05) is 0 Å². The first kappa shape index (κ1) is 24.7. The van der Waals surface area contributed by atoms with Crippen LogP contribution in [0.15, 0.2) is 0 Å². The molecule has 0 fully saturated rings. The third-order valence-electron chi connectivity index (χ3n) is 2.97. The highest BCUT2D eigenvalue weighted by Gasteiger charge is 2.25. The van der Waals surface area contributed by atoms with Crippen LogP contribution in [0.1, 0.15) is 64.2 Å². The van der Waals surface area contributed by atoms with Crippen molar-refractivity contribution in [3.05, 3.63) is 0 Å². The fraction of sp³-hybridized carbons (Fsp3) is 0.857. The number of hydrogen-bond acceptors (Lipinski definition) is 4. The maximum absolute atomic E-state index is 11.3. The second kappa shape index (κ2) is 12.9.